The monoisotopic (exact) mass is 259 g/mol. The summed E-state index contributed by atoms with van der Waals surface area (Å²) in [5.41, 5.74) is 5.82. The minimum absolute atomic E-state index is 0.00857. The maximum atomic E-state index is 11.8. The van der Waals surface area contributed by atoms with E-state index in [2.05, 4.69) is 17.1 Å². The number of carbonyl (C=O) groups excluding carboxylic acids is 1. The minimum atomic E-state index is -0.358. The van der Waals surface area contributed by atoms with Crippen molar-refractivity contribution >= 4 is 17.7 Å². The summed E-state index contributed by atoms with van der Waals surface area (Å²) in [5, 5.41) is 3.00. The van der Waals surface area contributed by atoms with E-state index in [4.69, 9.17) is 5.73 Å². The van der Waals surface area contributed by atoms with Gasteiger partial charge in [0.1, 0.15) is 0 Å². The first-order valence-corrected chi connectivity index (χ1v) is 7.80. The number of thioether (sulfide) groups is 1. The van der Waals surface area contributed by atoms with Crippen LogP contribution in [0.5, 0.6) is 0 Å². The summed E-state index contributed by atoms with van der Waals surface area (Å²) in [6, 6.07) is -0.163. The van der Waals surface area contributed by atoms with Gasteiger partial charge in [-0.2, -0.15) is 11.8 Å². The Kier molecular flexibility index (Phi) is 6.92. The molecule has 1 saturated heterocycles. The Morgan fingerprint density at radius 1 is 1.47 bits per heavy atom. The second-order valence-electron chi connectivity index (χ2n) is 4.81. The van der Waals surface area contributed by atoms with Gasteiger partial charge in [0.2, 0.25) is 5.91 Å². The highest BCUT2D eigenvalue weighted by atomic mass is 32.2. The summed E-state index contributed by atoms with van der Waals surface area (Å²) in [4.78, 5) is 14.2. The van der Waals surface area contributed by atoms with Gasteiger partial charge >= 0.3 is 0 Å². The molecule has 1 fully saturated rings. The highest BCUT2D eigenvalue weighted by Crippen LogP contribution is 2.07. The van der Waals surface area contributed by atoms with Crippen LogP contribution in [0.3, 0.4) is 0 Å². The number of amides is 1. The van der Waals surface area contributed by atoms with Gasteiger partial charge in [-0.15, -0.1) is 0 Å². The number of nitrogens with one attached hydrogen (secondary N) is 1. The molecule has 0 spiro atoms. The Morgan fingerprint density at radius 2 is 2.12 bits per heavy atom. The Balaban J connectivity index is 2.19. The highest BCUT2D eigenvalue weighted by molar-refractivity contribution is 7.98. The van der Waals surface area contributed by atoms with Crippen molar-refractivity contribution in [2.75, 3.05) is 31.6 Å². The SMILES string of the molecule is CSCC[C@@H](N)C(=O)NC(C)CN1CCCC1. The van der Waals surface area contributed by atoms with E-state index in [1.165, 1.54) is 25.9 Å². The van der Waals surface area contributed by atoms with Gasteiger partial charge in [-0.1, -0.05) is 0 Å². The molecular weight excluding hydrogens is 234 g/mol. The molecule has 0 bridgehead atoms. The van der Waals surface area contributed by atoms with Crippen molar-refractivity contribution in [3.05, 3.63) is 0 Å². The fraction of sp³-hybridized carbons (Fsp3) is 0.917. The molecule has 1 heterocycles. The lowest BCUT2D eigenvalue weighted by Gasteiger charge is -2.22. The first-order chi connectivity index (χ1) is 8.13. The molecule has 1 rings (SSSR count). The average Bonchev–Trinajstić information content (AvgIpc) is 2.78. The number of hydrogen-bond acceptors (Lipinski definition) is 4. The van der Waals surface area contributed by atoms with Gasteiger partial charge < -0.3 is 16.0 Å². The third-order valence-corrected chi connectivity index (χ3v) is 3.73. The number of hydrogen-bond donors (Lipinski definition) is 2. The molecule has 0 radical (unpaired) electrons. The molecule has 0 aromatic heterocycles. The van der Waals surface area contributed by atoms with E-state index in [0.29, 0.717) is 0 Å². The average molecular weight is 259 g/mol. The molecule has 2 atom stereocenters. The second-order valence-corrected chi connectivity index (χ2v) is 5.79. The predicted molar refractivity (Wildman–Crippen MR) is 74.3 cm³/mol. The van der Waals surface area contributed by atoms with Crippen molar-refractivity contribution in [2.45, 2.75) is 38.3 Å². The molecule has 17 heavy (non-hydrogen) atoms. The van der Waals surface area contributed by atoms with Crippen LogP contribution in [0.1, 0.15) is 26.2 Å². The Hall–Kier alpha value is -0.260. The number of rotatable bonds is 7. The van der Waals surface area contributed by atoms with Crippen molar-refractivity contribution in [3.8, 4) is 0 Å². The Bertz CT molecular complexity index is 232. The van der Waals surface area contributed by atoms with E-state index in [9.17, 15) is 4.79 Å². The topological polar surface area (TPSA) is 58.4 Å². The quantitative estimate of drug-likeness (QED) is 0.705. The molecule has 100 valence electrons. The molecule has 4 nitrogen and oxygen atoms in total. The van der Waals surface area contributed by atoms with Crippen LogP contribution in [-0.4, -0.2) is 54.5 Å². The largest absolute Gasteiger partial charge is 0.351 e. The van der Waals surface area contributed by atoms with E-state index in [1.54, 1.807) is 11.8 Å². The number of nitrogens with zero attached hydrogens (tertiary/aromatic N) is 1. The van der Waals surface area contributed by atoms with Crippen LogP contribution in [0.4, 0.5) is 0 Å². The van der Waals surface area contributed by atoms with Crippen LogP contribution < -0.4 is 11.1 Å². The zero-order chi connectivity index (χ0) is 12.7. The molecule has 1 amide bonds. The summed E-state index contributed by atoms with van der Waals surface area (Å²) in [6.45, 7) is 5.33. The van der Waals surface area contributed by atoms with Gasteiger partial charge in [0.25, 0.3) is 0 Å². The van der Waals surface area contributed by atoms with Crippen molar-refractivity contribution < 1.29 is 4.79 Å². The molecule has 0 aromatic rings. The summed E-state index contributed by atoms with van der Waals surface area (Å²) in [5.74, 6) is 0.931. The number of nitrogens with two attached hydrogens (primary N) is 1. The number of likely N-dealkylation sites (tertiary alicyclic amines) is 1. The lowest BCUT2D eigenvalue weighted by molar-refractivity contribution is -0.123. The Morgan fingerprint density at radius 3 is 2.71 bits per heavy atom. The zero-order valence-corrected chi connectivity index (χ0v) is 11.8. The smallest absolute Gasteiger partial charge is 0.237 e. The normalized spacial score (nSPS) is 20.2. The lowest BCUT2D eigenvalue weighted by atomic mass is 10.2. The summed E-state index contributed by atoms with van der Waals surface area (Å²) >= 11 is 1.72. The molecule has 0 aromatic carbocycles. The van der Waals surface area contributed by atoms with Gasteiger partial charge in [-0.3, -0.25) is 4.79 Å². The van der Waals surface area contributed by atoms with E-state index in [1.807, 2.05) is 6.26 Å². The van der Waals surface area contributed by atoms with E-state index in [0.717, 1.165) is 18.7 Å². The molecule has 1 aliphatic heterocycles. The molecule has 1 unspecified atom stereocenters. The Labute approximate surface area is 109 Å². The van der Waals surface area contributed by atoms with Gasteiger partial charge in [0, 0.05) is 12.6 Å². The molecular formula is C12H25N3OS. The maximum Gasteiger partial charge on any atom is 0.237 e. The van der Waals surface area contributed by atoms with Crippen LogP contribution in [0, 0.1) is 0 Å². The highest BCUT2D eigenvalue weighted by Gasteiger charge is 2.18. The molecule has 1 aliphatic rings. The van der Waals surface area contributed by atoms with Gasteiger partial charge in [-0.05, 0) is 51.3 Å². The third-order valence-electron chi connectivity index (χ3n) is 3.09. The van der Waals surface area contributed by atoms with Gasteiger partial charge in [0.05, 0.1) is 6.04 Å². The second kappa shape index (κ2) is 7.95. The minimum Gasteiger partial charge on any atom is -0.351 e. The molecule has 5 heteroatoms. The first-order valence-electron chi connectivity index (χ1n) is 6.40. The van der Waals surface area contributed by atoms with Crippen LogP contribution in [-0.2, 0) is 4.79 Å². The van der Waals surface area contributed by atoms with Crippen molar-refractivity contribution in [3.63, 3.8) is 0 Å². The van der Waals surface area contributed by atoms with Crippen molar-refractivity contribution in [2.24, 2.45) is 5.73 Å². The standard InChI is InChI=1S/C12H25N3OS/c1-10(9-15-6-3-4-7-15)14-12(16)11(13)5-8-17-2/h10-11H,3-9,13H2,1-2H3,(H,14,16)/t10?,11-/m1/s1. The maximum absolute atomic E-state index is 11.8. The lowest BCUT2D eigenvalue weighted by Crippen LogP contribution is -2.48. The van der Waals surface area contributed by atoms with E-state index >= 15 is 0 Å². The van der Waals surface area contributed by atoms with Crippen LogP contribution in [0.25, 0.3) is 0 Å². The van der Waals surface area contributed by atoms with Gasteiger partial charge in [0.15, 0.2) is 0 Å². The van der Waals surface area contributed by atoms with E-state index < -0.39 is 0 Å². The van der Waals surface area contributed by atoms with Crippen molar-refractivity contribution in [1.29, 1.82) is 0 Å². The van der Waals surface area contributed by atoms with Gasteiger partial charge in [-0.25, -0.2) is 0 Å². The third kappa shape index (κ3) is 5.75. The number of carbonyl (C=O) groups is 1. The van der Waals surface area contributed by atoms with Crippen LogP contribution in [0.2, 0.25) is 0 Å². The fourth-order valence-electron chi connectivity index (χ4n) is 2.12. The van der Waals surface area contributed by atoms with Crippen LogP contribution >= 0.6 is 11.8 Å². The predicted octanol–water partition coefficient (Wildman–Crippen LogP) is 0.667. The summed E-state index contributed by atoms with van der Waals surface area (Å²) < 4.78 is 0. The van der Waals surface area contributed by atoms with Crippen LogP contribution in [0.15, 0.2) is 0 Å². The molecule has 0 aliphatic carbocycles. The van der Waals surface area contributed by atoms with Crippen molar-refractivity contribution in [1.82, 2.24) is 10.2 Å². The van der Waals surface area contributed by atoms with E-state index in [-0.39, 0.29) is 18.0 Å². The summed E-state index contributed by atoms with van der Waals surface area (Å²) in [6.07, 6.45) is 5.35. The fourth-order valence-corrected chi connectivity index (χ4v) is 2.61. The first kappa shape index (κ1) is 14.8. The summed E-state index contributed by atoms with van der Waals surface area (Å²) in [7, 11) is 0. The molecule has 0 saturated carbocycles. The molecule has 3 N–H and O–H groups in total. The zero-order valence-electron chi connectivity index (χ0n) is 10.9.